The largest absolute Gasteiger partial charge is 0.437 e. The molecule has 2 rings (SSSR count). The van der Waals surface area contributed by atoms with Crippen LogP contribution in [0.1, 0.15) is 0 Å². The van der Waals surface area contributed by atoms with E-state index in [1.807, 2.05) is 0 Å². The number of nitro groups is 1. The van der Waals surface area contributed by atoms with E-state index in [1.165, 1.54) is 12.3 Å². The smallest absolute Gasteiger partial charge is 0.305 e. The normalized spacial score (nSPS) is 10.2. The Morgan fingerprint density at radius 2 is 2.21 bits per heavy atom. The van der Waals surface area contributed by atoms with Gasteiger partial charge in [0.2, 0.25) is 17.6 Å². The molecule has 0 bridgehead atoms. The van der Waals surface area contributed by atoms with Crippen LogP contribution in [0.15, 0.2) is 24.4 Å². The predicted octanol–water partition coefficient (Wildman–Crippen LogP) is 2.55. The molecule has 0 aliphatic rings. The van der Waals surface area contributed by atoms with E-state index < -0.39 is 16.4 Å². The van der Waals surface area contributed by atoms with Crippen LogP contribution in [0.2, 0.25) is 5.02 Å². The van der Waals surface area contributed by atoms with E-state index in [1.54, 1.807) is 0 Å². The van der Waals surface area contributed by atoms with Crippen molar-refractivity contribution in [3.05, 3.63) is 45.4 Å². The standard InChI is InChI=1S/C10H6ClFN4O3/c11-6-4-14-10(13)15-9(6)19-5-1-2-8(16(17)18)7(12)3-5/h1-4H,(H2,13,14,15). The summed E-state index contributed by atoms with van der Waals surface area (Å²) in [4.78, 5) is 17.0. The van der Waals surface area contributed by atoms with Crippen LogP contribution in [0.5, 0.6) is 11.6 Å². The summed E-state index contributed by atoms with van der Waals surface area (Å²) in [7, 11) is 0. The van der Waals surface area contributed by atoms with Crippen molar-refractivity contribution in [2.24, 2.45) is 0 Å². The number of hydrogen-bond acceptors (Lipinski definition) is 6. The van der Waals surface area contributed by atoms with Crippen LogP contribution in [0.3, 0.4) is 0 Å². The second kappa shape index (κ2) is 5.02. The lowest BCUT2D eigenvalue weighted by atomic mass is 10.3. The second-order valence-electron chi connectivity index (χ2n) is 3.35. The van der Waals surface area contributed by atoms with E-state index in [4.69, 9.17) is 22.1 Å². The quantitative estimate of drug-likeness (QED) is 0.686. The summed E-state index contributed by atoms with van der Waals surface area (Å²) < 4.78 is 18.6. The summed E-state index contributed by atoms with van der Waals surface area (Å²) in [6.45, 7) is 0. The molecule has 1 aromatic carbocycles. The highest BCUT2D eigenvalue weighted by Crippen LogP contribution is 2.29. The number of benzene rings is 1. The number of rotatable bonds is 3. The minimum absolute atomic E-state index is 0.00287. The first-order valence-corrected chi connectivity index (χ1v) is 5.25. The fourth-order valence-electron chi connectivity index (χ4n) is 1.25. The molecule has 0 spiro atoms. The number of nitrogens with zero attached hydrogens (tertiary/aromatic N) is 3. The third-order valence-electron chi connectivity index (χ3n) is 2.06. The van der Waals surface area contributed by atoms with E-state index in [0.29, 0.717) is 0 Å². The summed E-state index contributed by atoms with van der Waals surface area (Å²) in [5.41, 5.74) is 4.70. The zero-order valence-electron chi connectivity index (χ0n) is 9.21. The number of hydrogen-bond donors (Lipinski definition) is 1. The topological polar surface area (TPSA) is 104 Å². The maximum absolute atomic E-state index is 13.4. The Hall–Kier alpha value is -2.48. The molecule has 0 aliphatic heterocycles. The summed E-state index contributed by atoms with van der Waals surface area (Å²) in [6.07, 6.45) is 1.22. The molecule has 98 valence electrons. The van der Waals surface area contributed by atoms with E-state index in [-0.39, 0.29) is 22.6 Å². The Balaban J connectivity index is 2.31. The number of nitrogen functional groups attached to an aromatic ring is 1. The first kappa shape index (κ1) is 13.0. The maximum atomic E-state index is 13.4. The van der Waals surface area contributed by atoms with Gasteiger partial charge in [0.25, 0.3) is 0 Å². The number of aromatic nitrogens is 2. The lowest BCUT2D eigenvalue weighted by molar-refractivity contribution is -0.387. The molecule has 0 saturated heterocycles. The fraction of sp³-hybridized carbons (Fsp3) is 0. The molecule has 19 heavy (non-hydrogen) atoms. The third-order valence-corrected chi connectivity index (χ3v) is 2.32. The molecule has 1 aromatic heterocycles. The molecule has 0 fully saturated rings. The van der Waals surface area contributed by atoms with Crippen molar-refractivity contribution in [1.29, 1.82) is 0 Å². The zero-order chi connectivity index (χ0) is 14.0. The van der Waals surface area contributed by atoms with Gasteiger partial charge in [-0.15, -0.1) is 0 Å². The van der Waals surface area contributed by atoms with Gasteiger partial charge < -0.3 is 10.5 Å². The van der Waals surface area contributed by atoms with Crippen LogP contribution in [-0.4, -0.2) is 14.9 Å². The van der Waals surface area contributed by atoms with Gasteiger partial charge in [-0.1, -0.05) is 11.6 Å². The number of ether oxygens (including phenoxy) is 1. The van der Waals surface area contributed by atoms with Crippen molar-refractivity contribution < 1.29 is 14.1 Å². The summed E-state index contributed by atoms with van der Waals surface area (Å²) >= 11 is 5.76. The molecular formula is C10H6ClFN4O3. The van der Waals surface area contributed by atoms with E-state index in [9.17, 15) is 14.5 Å². The molecule has 0 unspecified atom stereocenters. The Bertz CT molecular complexity index is 653. The molecule has 0 saturated carbocycles. The van der Waals surface area contributed by atoms with Crippen LogP contribution in [0, 0.1) is 15.9 Å². The van der Waals surface area contributed by atoms with Crippen molar-refractivity contribution in [3.63, 3.8) is 0 Å². The molecule has 0 atom stereocenters. The van der Waals surface area contributed by atoms with Crippen LogP contribution < -0.4 is 10.5 Å². The van der Waals surface area contributed by atoms with Crippen LogP contribution in [-0.2, 0) is 0 Å². The fourth-order valence-corrected chi connectivity index (χ4v) is 1.38. The number of halogens is 2. The average molecular weight is 285 g/mol. The number of nitro benzene ring substituents is 1. The summed E-state index contributed by atoms with van der Waals surface area (Å²) in [6, 6.07) is 3.05. The van der Waals surface area contributed by atoms with E-state index >= 15 is 0 Å². The highest BCUT2D eigenvalue weighted by molar-refractivity contribution is 6.31. The Labute approximate surface area is 111 Å². The van der Waals surface area contributed by atoms with Gasteiger partial charge in [-0.3, -0.25) is 10.1 Å². The Kier molecular flexibility index (Phi) is 3.43. The number of nitrogens with two attached hydrogens (primary N) is 1. The zero-order valence-corrected chi connectivity index (χ0v) is 9.96. The SMILES string of the molecule is Nc1ncc(Cl)c(Oc2ccc([N+](=O)[O-])c(F)c2)n1. The van der Waals surface area contributed by atoms with Crippen molar-refractivity contribution in [2.45, 2.75) is 0 Å². The third kappa shape index (κ3) is 2.86. The highest BCUT2D eigenvalue weighted by atomic mass is 35.5. The Morgan fingerprint density at radius 3 is 2.84 bits per heavy atom. The van der Waals surface area contributed by atoms with Gasteiger partial charge in [0.15, 0.2) is 0 Å². The van der Waals surface area contributed by atoms with Crippen LogP contribution in [0.25, 0.3) is 0 Å². The minimum atomic E-state index is -1.03. The van der Waals surface area contributed by atoms with Gasteiger partial charge in [0, 0.05) is 12.1 Å². The summed E-state index contributed by atoms with van der Waals surface area (Å²) in [5.74, 6) is -1.16. The molecule has 7 nitrogen and oxygen atoms in total. The summed E-state index contributed by atoms with van der Waals surface area (Å²) in [5, 5.41) is 10.5. The van der Waals surface area contributed by atoms with Gasteiger partial charge >= 0.3 is 5.69 Å². The highest BCUT2D eigenvalue weighted by Gasteiger charge is 2.15. The minimum Gasteiger partial charge on any atom is -0.437 e. The number of anilines is 1. The monoisotopic (exact) mass is 284 g/mol. The van der Waals surface area contributed by atoms with E-state index in [0.717, 1.165) is 12.1 Å². The molecule has 2 aromatic rings. The van der Waals surface area contributed by atoms with Crippen molar-refractivity contribution in [2.75, 3.05) is 5.73 Å². The lowest BCUT2D eigenvalue weighted by Gasteiger charge is -2.06. The van der Waals surface area contributed by atoms with Gasteiger partial charge in [-0.25, -0.2) is 4.98 Å². The second-order valence-corrected chi connectivity index (χ2v) is 3.76. The molecule has 0 amide bonds. The van der Waals surface area contributed by atoms with Crippen molar-refractivity contribution >= 4 is 23.2 Å². The molecule has 2 N–H and O–H groups in total. The van der Waals surface area contributed by atoms with Gasteiger partial charge in [0.05, 0.1) is 11.1 Å². The van der Waals surface area contributed by atoms with Crippen LogP contribution in [0.4, 0.5) is 16.0 Å². The van der Waals surface area contributed by atoms with Crippen molar-refractivity contribution in [1.82, 2.24) is 9.97 Å². The predicted molar refractivity (Wildman–Crippen MR) is 64.6 cm³/mol. The molecule has 0 radical (unpaired) electrons. The average Bonchev–Trinajstić information content (AvgIpc) is 2.33. The molecular weight excluding hydrogens is 279 g/mol. The molecule has 0 aliphatic carbocycles. The lowest BCUT2D eigenvalue weighted by Crippen LogP contribution is -1.98. The first-order chi connectivity index (χ1) is 8.97. The van der Waals surface area contributed by atoms with Gasteiger partial charge in [0.1, 0.15) is 10.8 Å². The van der Waals surface area contributed by atoms with Crippen LogP contribution >= 0.6 is 11.6 Å². The first-order valence-electron chi connectivity index (χ1n) is 4.87. The maximum Gasteiger partial charge on any atom is 0.305 e. The molecule has 9 heteroatoms. The Morgan fingerprint density at radius 1 is 1.47 bits per heavy atom. The van der Waals surface area contributed by atoms with Gasteiger partial charge in [-0.2, -0.15) is 9.37 Å². The van der Waals surface area contributed by atoms with E-state index in [2.05, 4.69) is 9.97 Å². The molecule has 1 heterocycles. The van der Waals surface area contributed by atoms with Crippen molar-refractivity contribution in [3.8, 4) is 11.6 Å². The van der Waals surface area contributed by atoms with Gasteiger partial charge in [-0.05, 0) is 6.07 Å².